The predicted octanol–water partition coefficient (Wildman–Crippen LogP) is 4.62. The van der Waals surface area contributed by atoms with Crippen molar-refractivity contribution in [3.05, 3.63) is 24.3 Å². The van der Waals surface area contributed by atoms with Crippen LogP contribution in [0.3, 0.4) is 0 Å². The zero-order valence-electron chi connectivity index (χ0n) is 8.73. The molecule has 1 aliphatic carbocycles. The second-order valence-corrected chi connectivity index (χ2v) is 4.02. The molecule has 0 spiro atoms. The molecule has 1 aliphatic rings. The summed E-state index contributed by atoms with van der Waals surface area (Å²) < 4.78 is 0. The van der Waals surface area contributed by atoms with E-state index in [1.54, 1.807) is 5.57 Å². The third-order valence-electron chi connectivity index (χ3n) is 2.79. The van der Waals surface area contributed by atoms with Gasteiger partial charge in [-0.3, -0.25) is 0 Å². The molecule has 0 atom stereocenters. The van der Waals surface area contributed by atoms with Gasteiger partial charge in [0.05, 0.1) is 0 Å². The van der Waals surface area contributed by atoms with Gasteiger partial charge in [0.15, 0.2) is 0 Å². The van der Waals surface area contributed by atoms with E-state index in [2.05, 4.69) is 12.7 Å². The summed E-state index contributed by atoms with van der Waals surface area (Å²) >= 11 is 0. The summed E-state index contributed by atoms with van der Waals surface area (Å²) in [4.78, 5) is 0. The number of rotatable bonds is 2. The lowest BCUT2D eigenvalue weighted by Crippen LogP contribution is -1.88. The molecule has 0 fully saturated rings. The SMILES string of the molecule is C=CCC1=CCCCCCCCC1. The normalized spacial score (nSPS) is 20.5. The second-order valence-electron chi connectivity index (χ2n) is 4.02. The Hall–Kier alpha value is -0.520. The Bertz CT molecular complexity index is 165. The van der Waals surface area contributed by atoms with Crippen molar-refractivity contribution in [2.24, 2.45) is 0 Å². The first-order chi connectivity index (χ1) is 6.43. The van der Waals surface area contributed by atoms with Crippen LogP contribution in [0.4, 0.5) is 0 Å². The topological polar surface area (TPSA) is 0 Å². The largest absolute Gasteiger partial charge is 0.103 e. The average molecular weight is 178 g/mol. The van der Waals surface area contributed by atoms with E-state index >= 15 is 0 Å². The highest BCUT2D eigenvalue weighted by atomic mass is 14.0. The lowest BCUT2D eigenvalue weighted by atomic mass is 9.98. The number of hydrogen-bond donors (Lipinski definition) is 0. The second kappa shape index (κ2) is 6.94. The maximum atomic E-state index is 3.81. The summed E-state index contributed by atoms with van der Waals surface area (Å²) in [6.07, 6.45) is 16.7. The Kier molecular flexibility index (Phi) is 5.64. The fraction of sp³-hybridized carbons (Fsp3) is 0.692. The highest BCUT2D eigenvalue weighted by molar-refractivity contribution is 5.06. The molecule has 0 amide bonds. The van der Waals surface area contributed by atoms with E-state index in [0.717, 1.165) is 6.42 Å². The van der Waals surface area contributed by atoms with E-state index in [9.17, 15) is 0 Å². The highest BCUT2D eigenvalue weighted by Gasteiger charge is 1.98. The molecule has 0 bridgehead atoms. The molecule has 0 heterocycles. The molecule has 0 aromatic rings. The summed E-state index contributed by atoms with van der Waals surface area (Å²) in [7, 11) is 0. The standard InChI is InChI=1S/C13H22/c1-2-10-13-11-8-6-4-3-5-7-9-12-13/h2,11H,1,3-10,12H2. The lowest BCUT2D eigenvalue weighted by molar-refractivity contribution is 0.583. The van der Waals surface area contributed by atoms with Gasteiger partial charge in [0.2, 0.25) is 0 Å². The molecule has 0 saturated carbocycles. The summed E-state index contributed by atoms with van der Waals surface area (Å²) in [5, 5.41) is 0. The molecule has 0 unspecified atom stereocenters. The molecule has 0 aromatic carbocycles. The first-order valence-electron chi connectivity index (χ1n) is 5.72. The molecule has 0 aromatic heterocycles. The molecule has 13 heavy (non-hydrogen) atoms. The maximum Gasteiger partial charge on any atom is -0.0142 e. The van der Waals surface area contributed by atoms with Gasteiger partial charge in [-0.15, -0.1) is 6.58 Å². The van der Waals surface area contributed by atoms with Crippen molar-refractivity contribution >= 4 is 0 Å². The summed E-state index contributed by atoms with van der Waals surface area (Å²) in [6, 6.07) is 0. The summed E-state index contributed by atoms with van der Waals surface area (Å²) in [5.41, 5.74) is 1.62. The van der Waals surface area contributed by atoms with E-state index in [-0.39, 0.29) is 0 Å². The van der Waals surface area contributed by atoms with Gasteiger partial charge in [0.25, 0.3) is 0 Å². The minimum absolute atomic E-state index is 1.11. The van der Waals surface area contributed by atoms with Gasteiger partial charge < -0.3 is 0 Å². The van der Waals surface area contributed by atoms with Crippen molar-refractivity contribution in [2.75, 3.05) is 0 Å². The van der Waals surface area contributed by atoms with E-state index in [1.165, 1.54) is 51.4 Å². The minimum Gasteiger partial charge on any atom is -0.103 e. The Morgan fingerprint density at radius 2 is 1.77 bits per heavy atom. The van der Waals surface area contributed by atoms with E-state index < -0.39 is 0 Å². The number of hydrogen-bond acceptors (Lipinski definition) is 0. The van der Waals surface area contributed by atoms with Gasteiger partial charge in [-0.1, -0.05) is 43.4 Å². The van der Waals surface area contributed by atoms with Crippen LogP contribution in [0.5, 0.6) is 0 Å². The monoisotopic (exact) mass is 178 g/mol. The van der Waals surface area contributed by atoms with Gasteiger partial charge in [0.1, 0.15) is 0 Å². The Labute approximate surface area is 82.7 Å². The van der Waals surface area contributed by atoms with E-state index in [0.29, 0.717) is 0 Å². The maximum absolute atomic E-state index is 3.81. The Balaban J connectivity index is 2.37. The highest BCUT2D eigenvalue weighted by Crippen LogP contribution is 2.18. The zero-order chi connectivity index (χ0) is 9.36. The zero-order valence-corrected chi connectivity index (χ0v) is 8.73. The van der Waals surface area contributed by atoms with Crippen LogP contribution in [0.15, 0.2) is 24.3 Å². The van der Waals surface area contributed by atoms with Gasteiger partial charge in [-0.25, -0.2) is 0 Å². The third kappa shape index (κ3) is 4.92. The van der Waals surface area contributed by atoms with Crippen LogP contribution in [0.1, 0.15) is 57.8 Å². The van der Waals surface area contributed by atoms with Gasteiger partial charge in [0, 0.05) is 0 Å². The first-order valence-corrected chi connectivity index (χ1v) is 5.72. The van der Waals surface area contributed by atoms with Crippen LogP contribution in [-0.2, 0) is 0 Å². The Morgan fingerprint density at radius 3 is 2.54 bits per heavy atom. The fourth-order valence-corrected chi connectivity index (χ4v) is 1.98. The quantitative estimate of drug-likeness (QED) is 0.541. The van der Waals surface area contributed by atoms with E-state index in [1.807, 2.05) is 6.08 Å². The van der Waals surface area contributed by atoms with E-state index in [4.69, 9.17) is 0 Å². The molecule has 0 aliphatic heterocycles. The smallest absolute Gasteiger partial charge is 0.0142 e. The molecular formula is C13H22. The van der Waals surface area contributed by atoms with Crippen LogP contribution in [-0.4, -0.2) is 0 Å². The van der Waals surface area contributed by atoms with Gasteiger partial charge in [-0.2, -0.15) is 0 Å². The van der Waals surface area contributed by atoms with Crippen LogP contribution in [0.2, 0.25) is 0 Å². The third-order valence-corrected chi connectivity index (χ3v) is 2.79. The van der Waals surface area contributed by atoms with Crippen LogP contribution in [0, 0.1) is 0 Å². The Morgan fingerprint density at radius 1 is 1.08 bits per heavy atom. The molecule has 0 N–H and O–H groups in total. The van der Waals surface area contributed by atoms with Crippen molar-refractivity contribution in [1.29, 1.82) is 0 Å². The lowest BCUT2D eigenvalue weighted by Gasteiger charge is -2.08. The van der Waals surface area contributed by atoms with Gasteiger partial charge in [-0.05, 0) is 32.1 Å². The van der Waals surface area contributed by atoms with Crippen LogP contribution >= 0.6 is 0 Å². The first kappa shape index (κ1) is 10.6. The van der Waals surface area contributed by atoms with Crippen molar-refractivity contribution in [1.82, 2.24) is 0 Å². The van der Waals surface area contributed by atoms with Crippen molar-refractivity contribution < 1.29 is 0 Å². The number of allylic oxidation sites excluding steroid dienone is 3. The average Bonchev–Trinajstić information content (AvgIpc) is 2.16. The van der Waals surface area contributed by atoms with Crippen molar-refractivity contribution in [3.63, 3.8) is 0 Å². The molecule has 0 nitrogen and oxygen atoms in total. The fourth-order valence-electron chi connectivity index (χ4n) is 1.98. The summed E-state index contributed by atoms with van der Waals surface area (Å²) in [6.45, 7) is 3.81. The molecular weight excluding hydrogens is 156 g/mol. The van der Waals surface area contributed by atoms with Crippen LogP contribution in [0.25, 0.3) is 0 Å². The minimum atomic E-state index is 1.11. The molecule has 0 radical (unpaired) electrons. The molecule has 0 heteroatoms. The van der Waals surface area contributed by atoms with Gasteiger partial charge >= 0.3 is 0 Å². The molecule has 0 saturated heterocycles. The van der Waals surface area contributed by atoms with Crippen molar-refractivity contribution in [2.45, 2.75) is 57.8 Å². The predicted molar refractivity (Wildman–Crippen MR) is 59.8 cm³/mol. The molecule has 1 rings (SSSR count). The van der Waals surface area contributed by atoms with Crippen LogP contribution < -0.4 is 0 Å². The van der Waals surface area contributed by atoms with Crippen molar-refractivity contribution in [3.8, 4) is 0 Å². The molecule has 74 valence electrons. The summed E-state index contributed by atoms with van der Waals surface area (Å²) in [5.74, 6) is 0.